The predicted molar refractivity (Wildman–Crippen MR) is 119 cm³/mol. The summed E-state index contributed by atoms with van der Waals surface area (Å²) in [7, 11) is -16.2. The first-order chi connectivity index (χ1) is 15.9. The molecule has 0 amide bonds. The lowest BCUT2D eigenvalue weighted by Gasteiger charge is -2.32. The molecule has 0 aliphatic carbocycles. The molecule has 0 saturated heterocycles. The van der Waals surface area contributed by atoms with E-state index in [0.29, 0.717) is 6.17 Å². The van der Waals surface area contributed by atoms with Crippen LogP contribution < -0.4 is 4.57 Å². The number of hydrogen-bond donors (Lipinski definition) is 0. The average molecular weight is 593 g/mol. The Morgan fingerprint density at radius 2 is 1.17 bits per heavy atom. The van der Waals surface area contributed by atoms with Crippen LogP contribution in [0.15, 0.2) is 24.4 Å². The first-order valence-corrected chi connectivity index (χ1v) is 15.1. The van der Waals surface area contributed by atoms with Gasteiger partial charge < -0.3 is 17.4 Å². The molecule has 0 N–H and O–H groups in total. The zero-order valence-electron chi connectivity index (χ0n) is 20.6. The first-order valence-electron chi connectivity index (χ1n) is 10.3. The number of hydrogen-bond acceptors (Lipinski definition) is 7. The van der Waals surface area contributed by atoms with Gasteiger partial charge in [0, 0.05) is 37.4 Å². The van der Waals surface area contributed by atoms with Gasteiger partial charge in [0.25, 0.3) is 0 Å². The fraction of sp³-hybridized carbons (Fsp3) is 0.722. The molecule has 36 heavy (non-hydrogen) atoms. The molecule has 212 valence electrons. The van der Waals surface area contributed by atoms with Gasteiger partial charge in [-0.15, -0.1) is 0 Å². The third-order valence-electron chi connectivity index (χ3n) is 3.56. The summed E-state index contributed by atoms with van der Waals surface area (Å²) in [5.74, 6) is 0. The van der Waals surface area contributed by atoms with E-state index in [1.165, 1.54) is 5.69 Å². The van der Waals surface area contributed by atoms with Gasteiger partial charge in [-0.1, -0.05) is 6.07 Å². The van der Waals surface area contributed by atoms with Crippen LogP contribution in [0.3, 0.4) is 0 Å². The number of nitrogens with zero attached hydrogens (tertiary/aromatic N) is 2. The van der Waals surface area contributed by atoms with Crippen molar-refractivity contribution < 1.29 is 61.0 Å². The van der Waals surface area contributed by atoms with E-state index >= 15 is 0 Å². The van der Waals surface area contributed by atoms with Crippen molar-refractivity contribution in [2.75, 3.05) is 0 Å². The Bertz CT molecular complexity index is 978. The van der Waals surface area contributed by atoms with Crippen molar-refractivity contribution in [2.45, 2.75) is 84.0 Å². The standard InChI is InChI=1S/C16H30NO3Si.C2F6NO4S2/c1-13(2)18-21(19-14(3)4,20-15(5)6)12-17-11-9-8-10-16(17)7;3-1(4,5)14(10,11)9-15(12,13)2(6,7)8/h8-11,13-15H,12H2,1-7H3;/q+1;-1. The van der Waals surface area contributed by atoms with E-state index < -0.39 is 39.9 Å². The van der Waals surface area contributed by atoms with E-state index in [0.717, 1.165) is 4.13 Å². The zero-order chi connectivity index (χ0) is 28.8. The van der Waals surface area contributed by atoms with Crippen LogP contribution in [0, 0.1) is 6.92 Å². The van der Waals surface area contributed by atoms with Gasteiger partial charge in [-0.3, -0.25) is 0 Å². The summed E-state index contributed by atoms with van der Waals surface area (Å²) < 4.78 is 130. The molecule has 0 bridgehead atoms. The average Bonchev–Trinajstić information content (AvgIpc) is 2.59. The minimum absolute atomic E-state index is 0.0683. The molecular weight excluding hydrogens is 562 g/mol. The number of aryl methyl sites for hydroxylation is 1. The minimum Gasteiger partial charge on any atom is -0.421 e. The maximum atomic E-state index is 11.4. The maximum Gasteiger partial charge on any atom is 0.570 e. The van der Waals surface area contributed by atoms with Gasteiger partial charge in [-0.05, 0) is 41.5 Å². The summed E-state index contributed by atoms with van der Waals surface area (Å²) in [5.41, 5.74) is -11.2. The summed E-state index contributed by atoms with van der Waals surface area (Å²) in [6.45, 7) is 14.2. The molecule has 0 fully saturated rings. The number of rotatable bonds is 10. The second-order valence-electron chi connectivity index (χ2n) is 8.07. The summed E-state index contributed by atoms with van der Waals surface area (Å²) in [6, 6.07) is 6.14. The number of pyridine rings is 1. The summed E-state index contributed by atoms with van der Waals surface area (Å²) in [5, 5.41) is 0. The van der Waals surface area contributed by atoms with Crippen LogP contribution in [0.5, 0.6) is 0 Å². The highest BCUT2D eigenvalue weighted by Gasteiger charge is 2.49. The van der Waals surface area contributed by atoms with Gasteiger partial charge in [0.1, 0.15) is 0 Å². The molecule has 0 aliphatic heterocycles. The Morgan fingerprint density at radius 3 is 1.44 bits per heavy atom. The SMILES string of the molecule is Cc1cccc[n+]1C[Si](OC(C)C)(OC(C)C)OC(C)C.O=S(=O)([N-]S(=O)(=O)C(F)(F)F)C(F)(F)F. The Kier molecular flexibility index (Phi) is 12.5. The fourth-order valence-electron chi connectivity index (χ4n) is 2.43. The molecule has 1 aromatic rings. The van der Waals surface area contributed by atoms with Crippen molar-refractivity contribution in [1.82, 2.24) is 0 Å². The quantitative estimate of drug-likeness (QED) is 0.228. The minimum atomic E-state index is -6.72. The van der Waals surface area contributed by atoms with E-state index in [4.69, 9.17) is 13.3 Å². The Hall–Kier alpha value is -1.31. The highest BCUT2D eigenvalue weighted by molar-refractivity contribution is 8.13. The first kappa shape index (κ1) is 34.7. The molecule has 0 unspecified atom stereocenters. The van der Waals surface area contributed by atoms with Crippen molar-refractivity contribution in [3.8, 4) is 0 Å². The van der Waals surface area contributed by atoms with Crippen LogP contribution >= 0.6 is 0 Å². The van der Waals surface area contributed by atoms with Crippen LogP contribution in [0.2, 0.25) is 0 Å². The number of alkyl halides is 6. The van der Waals surface area contributed by atoms with E-state index in [1.54, 1.807) is 0 Å². The monoisotopic (exact) mass is 592 g/mol. The molecule has 0 aromatic carbocycles. The maximum absolute atomic E-state index is 11.4. The molecule has 0 aliphatic rings. The summed E-state index contributed by atoms with van der Waals surface area (Å²) in [4.78, 5) is 0. The van der Waals surface area contributed by atoms with Crippen molar-refractivity contribution in [3.63, 3.8) is 0 Å². The Morgan fingerprint density at radius 1 is 0.806 bits per heavy atom. The van der Waals surface area contributed by atoms with Crippen LogP contribution in [0.25, 0.3) is 4.13 Å². The van der Waals surface area contributed by atoms with Crippen LogP contribution in [-0.4, -0.2) is 55.0 Å². The molecule has 0 radical (unpaired) electrons. The molecule has 18 heteroatoms. The summed E-state index contributed by atoms with van der Waals surface area (Å²) >= 11 is 0. The Labute approximate surface area is 208 Å². The highest BCUT2D eigenvalue weighted by Crippen LogP contribution is 2.36. The van der Waals surface area contributed by atoms with Crippen LogP contribution in [0.1, 0.15) is 47.2 Å². The van der Waals surface area contributed by atoms with Crippen molar-refractivity contribution >= 4 is 28.9 Å². The molecular formula is C18H30F6N2O7S2Si. The number of sulfonamides is 2. The highest BCUT2D eigenvalue weighted by atomic mass is 32.3. The molecule has 1 rings (SSSR count). The van der Waals surface area contributed by atoms with Gasteiger partial charge in [0.15, 0.2) is 31.9 Å². The molecule has 0 saturated carbocycles. The van der Waals surface area contributed by atoms with Crippen LogP contribution in [0.4, 0.5) is 26.3 Å². The number of halogens is 6. The third-order valence-corrected chi connectivity index (χ3v) is 9.52. The lowest BCUT2D eigenvalue weighted by Crippen LogP contribution is -2.61. The topological polar surface area (TPSA) is 114 Å². The van der Waals surface area contributed by atoms with Crippen molar-refractivity contribution in [1.29, 1.82) is 0 Å². The molecule has 1 heterocycles. The van der Waals surface area contributed by atoms with Gasteiger partial charge in [-0.2, -0.15) is 30.9 Å². The van der Waals surface area contributed by atoms with Crippen molar-refractivity contribution in [2.24, 2.45) is 0 Å². The van der Waals surface area contributed by atoms with E-state index in [9.17, 15) is 43.2 Å². The fourth-order valence-corrected chi connectivity index (χ4v) is 7.46. The van der Waals surface area contributed by atoms with Gasteiger partial charge in [0.05, 0.1) is 0 Å². The van der Waals surface area contributed by atoms with E-state index in [2.05, 4.69) is 17.6 Å². The zero-order valence-corrected chi connectivity index (χ0v) is 23.2. The van der Waals surface area contributed by atoms with Crippen molar-refractivity contribution in [3.05, 3.63) is 34.2 Å². The largest absolute Gasteiger partial charge is 0.570 e. The van der Waals surface area contributed by atoms with Gasteiger partial charge in [0.2, 0.25) is 6.17 Å². The lowest BCUT2D eigenvalue weighted by molar-refractivity contribution is -0.691. The van der Waals surface area contributed by atoms with E-state index in [-0.39, 0.29) is 18.3 Å². The lowest BCUT2D eigenvalue weighted by atomic mass is 10.4. The second-order valence-corrected chi connectivity index (χ2v) is 13.9. The second kappa shape index (κ2) is 13.0. The molecule has 0 atom stereocenters. The van der Waals surface area contributed by atoms with Gasteiger partial charge in [-0.25, -0.2) is 16.8 Å². The smallest absolute Gasteiger partial charge is 0.421 e. The summed E-state index contributed by atoms with van der Waals surface area (Å²) in [6.07, 6.45) is 2.89. The molecule has 1 aromatic heterocycles. The van der Waals surface area contributed by atoms with E-state index in [1.807, 2.05) is 59.9 Å². The van der Waals surface area contributed by atoms with Crippen LogP contribution in [-0.2, 0) is 39.5 Å². The van der Waals surface area contributed by atoms with Gasteiger partial charge >= 0.3 is 19.8 Å². The predicted octanol–water partition coefficient (Wildman–Crippen LogP) is 4.09. The number of aromatic nitrogens is 1. The Balaban J connectivity index is 0.000000723. The molecule has 0 spiro atoms. The normalized spacial score (nSPS) is 13.8. The third kappa shape index (κ3) is 11.4. The molecule has 9 nitrogen and oxygen atoms in total.